The van der Waals surface area contributed by atoms with Gasteiger partial charge in [-0.25, -0.2) is 9.37 Å². The lowest BCUT2D eigenvalue weighted by atomic mass is 9.98. The van der Waals surface area contributed by atoms with Crippen molar-refractivity contribution in [2.45, 2.75) is 18.8 Å². The van der Waals surface area contributed by atoms with Crippen molar-refractivity contribution < 1.29 is 14.0 Å². The van der Waals surface area contributed by atoms with E-state index < -0.39 is 5.82 Å². The first-order valence-corrected chi connectivity index (χ1v) is 11.2. The van der Waals surface area contributed by atoms with Crippen molar-refractivity contribution in [2.75, 3.05) is 23.7 Å². The van der Waals surface area contributed by atoms with Crippen LogP contribution in [0.1, 0.15) is 45.3 Å². The lowest BCUT2D eigenvalue weighted by Gasteiger charge is -2.20. The predicted octanol–water partition coefficient (Wildman–Crippen LogP) is 4.67. The fraction of sp³-hybridized carbons (Fsp3) is 0.192. The number of carbonyl (C=O) groups is 2. The Morgan fingerprint density at radius 1 is 0.853 bits per heavy atom. The molecular weight excluding hydrogens is 433 g/mol. The smallest absolute Gasteiger partial charge is 0.255 e. The van der Waals surface area contributed by atoms with Crippen LogP contribution in [0.4, 0.5) is 15.8 Å². The van der Waals surface area contributed by atoms with Gasteiger partial charge in [-0.05, 0) is 86.6 Å². The van der Waals surface area contributed by atoms with Gasteiger partial charge in [0.2, 0.25) is 0 Å². The van der Waals surface area contributed by atoms with E-state index >= 15 is 0 Å². The van der Waals surface area contributed by atoms with Gasteiger partial charge >= 0.3 is 0 Å². The molecule has 1 aromatic heterocycles. The molecule has 0 radical (unpaired) electrons. The fourth-order valence-electron chi connectivity index (χ4n) is 4.14. The minimum Gasteiger partial charge on any atom is -0.342 e. The van der Waals surface area contributed by atoms with Crippen LogP contribution in [-0.2, 0) is 0 Å². The number of H-pyrrole nitrogens is 1. The van der Waals surface area contributed by atoms with Gasteiger partial charge in [-0.1, -0.05) is 6.07 Å². The second kappa shape index (κ2) is 9.44. The van der Waals surface area contributed by atoms with Crippen molar-refractivity contribution in [3.63, 3.8) is 0 Å². The highest BCUT2D eigenvalue weighted by Gasteiger charge is 2.19. The van der Waals surface area contributed by atoms with Crippen LogP contribution < -0.4 is 16.0 Å². The van der Waals surface area contributed by atoms with Gasteiger partial charge in [0, 0.05) is 28.4 Å². The normalized spacial score (nSPS) is 14.1. The Kier molecular flexibility index (Phi) is 6.05. The molecule has 0 bridgehead atoms. The molecule has 0 saturated carbocycles. The molecule has 1 saturated heterocycles. The molecule has 8 heteroatoms. The lowest BCUT2D eigenvalue weighted by Crippen LogP contribution is -2.27. The number of rotatable bonds is 5. The van der Waals surface area contributed by atoms with Crippen LogP contribution in [0.2, 0.25) is 0 Å². The second-order valence-corrected chi connectivity index (χ2v) is 8.37. The van der Waals surface area contributed by atoms with Crippen LogP contribution in [0.15, 0.2) is 66.7 Å². The van der Waals surface area contributed by atoms with Crippen LogP contribution in [0.25, 0.3) is 11.0 Å². The summed E-state index contributed by atoms with van der Waals surface area (Å²) in [4.78, 5) is 33.4. The number of hydrogen-bond acceptors (Lipinski definition) is 4. The monoisotopic (exact) mass is 457 g/mol. The Balaban J connectivity index is 1.28. The molecule has 3 aromatic carbocycles. The molecule has 4 N–H and O–H groups in total. The highest BCUT2D eigenvalue weighted by atomic mass is 19.1. The van der Waals surface area contributed by atoms with Gasteiger partial charge in [0.05, 0.1) is 11.0 Å². The molecule has 5 rings (SSSR count). The van der Waals surface area contributed by atoms with Gasteiger partial charge in [0.15, 0.2) is 0 Å². The Labute approximate surface area is 195 Å². The maximum atomic E-state index is 13.1. The van der Waals surface area contributed by atoms with Crippen molar-refractivity contribution in [1.29, 1.82) is 0 Å². The molecule has 2 heterocycles. The van der Waals surface area contributed by atoms with Gasteiger partial charge in [-0.2, -0.15) is 0 Å². The number of aromatic nitrogens is 2. The highest BCUT2D eigenvalue weighted by molar-refractivity contribution is 6.07. The largest absolute Gasteiger partial charge is 0.342 e. The minimum absolute atomic E-state index is 0.296. The zero-order chi connectivity index (χ0) is 23.5. The van der Waals surface area contributed by atoms with E-state index in [1.165, 1.54) is 24.3 Å². The van der Waals surface area contributed by atoms with E-state index in [0.29, 0.717) is 28.4 Å². The summed E-state index contributed by atoms with van der Waals surface area (Å²) in [7, 11) is 0. The third-order valence-corrected chi connectivity index (χ3v) is 5.97. The maximum Gasteiger partial charge on any atom is 0.255 e. The summed E-state index contributed by atoms with van der Waals surface area (Å²) in [6, 6.07) is 17.5. The van der Waals surface area contributed by atoms with Gasteiger partial charge in [-0.3, -0.25) is 9.59 Å². The number of benzene rings is 3. The molecule has 172 valence electrons. The van der Waals surface area contributed by atoms with Crippen LogP contribution in [0.3, 0.4) is 0 Å². The van der Waals surface area contributed by atoms with E-state index in [1.807, 2.05) is 18.2 Å². The fourth-order valence-corrected chi connectivity index (χ4v) is 4.14. The van der Waals surface area contributed by atoms with E-state index in [-0.39, 0.29) is 11.8 Å². The van der Waals surface area contributed by atoms with Crippen molar-refractivity contribution >= 4 is 34.2 Å². The van der Waals surface area contributed by atoms with Gasteiger partial charge in [-0.15, -0.1) is 0 Å². The Morgan fingerprint density at radius 2 is 1.56 bits per heavy atom. The number of carbonyl (C=O) groups excluding carboxylic acids is 2. The summed E-state index contributed by atoms with van der Waals surface area (Å²) in [5.41, 5.74) is 3.60. The van der Waals surface area contributed by atoms with Crippen molar-refractivity contribution in [3.05, 3.63) is 89.5 Å². The molecular formula is C26H24FN5O2. The number of nitrogens with one attached hydrogen (secondary N) is 4. The molecule has 0 spiro atoms. The first kappa shape index (κ1) is 21.8. The topological polar surface area (TPSA) is 98.9 Å². The SMILES string of the molecule is O=C(Nc1cccc(C(=O)Nc2ccc3nc(C4CCNCC4)[nH]c3c2)c1)c1ccc(F)cc1. The number of anilines is 2. The molecule has 4 aromatic rings. The molecule has 0 atom stereocenters. The number of imidazole rings is 1. The van der Waals surface area contributed by atoms with Crippen molar-refractivity contribution in [2.24, 2.45) is 0 Å². The third kappa shape index (κ3) is 4.82. The van der Waals surface area contributed by atoms with E-state index in [9.17, 15) is 14.0 Å². The molecule has 7 nitrogen and oxygen atoms in total. The summed E-state index contributed by atoms with van der Waals surface area (Å²) in [6.07, 6.45) is 2.11. The zero-order valence-electron chi connectivity index (χ0n) is 18.4. The Bertz CT molecular complexity index is 1340. The van der Waals surface area contributed by atoms with E-state index in [0.717, 1.165) is 42.8 Å². The van der Waals surface area contributed by atoms with E-state index in [1.54, 1.807) is 24.3 Å². The molecule has 1 aliphatic heterocycles. The maximum absolute atomic E-state index is 13.1. The standard InChI is InChI=1S/C26H24FN5O2/c27-19-6-4-17(5-7-19)25(33)29-20-3-1-2-18(14-20)26(34)30-21-8-9-22-23(15-21)32-24(31-22)16-10-12-28-13-11-16/h1-9,14-16,28H,10-13H2,(H,29,33)(H,30,34)(H,31,32). The average molecular weight is 458 g/mol. The van der Waals surface area contributed by atoms with Crippen molar-refractivity contribution in [1.82, 2.24) is 15.3 Å². The predicted molar refractivity (Wildman–Crippen MR) is 130 cm³/mol. The van der Waals surface area contributed by atoms with Crippen molar-refractivity contribution in [3.8, 4) is 0 Å². The number of halogens is 1. The number of hydrogen-bond donors (Lipinski definition) is 4. The van der Waals surface area contributed by atoms with Gasteiger partial charge in [0.1, 0.15) is 11.6 Å². The molecule has 2 amide bonds. The quantitative estimate of drug-likeness (QED) is 0.350. The lowest BCUT2D eigenvalue weighted by molar-refractivity contribution is 0.101. The second-order valence-electron chi connectivity index (χ2n) is 8.37. The van der Waals surface area contributed by atoms with E-state index in [4.69, 9.17) is 4.98 Å². The number of aromatic amines is 1. The van der Waals surface area contributed by atoms with Crippen LogP contribution in [0, 0.1) is 5.82 Å². The molecule has 1 aliphatic rings. The summed E-state index contributed by atoms with van der Waals surface area (Å²) in [5, 5.41) is 9.01. The summed E-state index contributed by atoms with van der Waals surface area (Å²) < 4.78 is 13.1. The minimum atomic E-state index is -0.411. The first-order valence-electron chi connectivity index (χ1n) is 11.2. The summed E-state index contributed by atoms with van der Waals surface area (Å²) >= 11 is 0. The van der Waals surface area contributed by atoms with E-state index in [2.05, 4.69) is 20.9 Å². The van der Waals surface area contributed by atoms with Crippen LogP contribution in [0.5, 0.6) is 0 Å². The van der Waals surface area contributed by atoms with Crippen LogP contribution in [-0.4, -0.2) is 34.9 Å². The number of nitrogens with zero attached hydrogens (tertiary/aromatic N) is 1. The van der Waals surface area contributed by atoms with Crippen LogP contribution >= 0.6 is 0 Å². The number of amides is 2. The van der Waals surface area contributed by atoms with Gasteiger partial charge < -0.3 is 20.9 Å². The molecule has 0 unspecified atom stereocenters. The average Bonchev–Trinajstić information content (AvgIpc) is 3.29. The highest BCUT2D eigenvalue weighted by Crippen LogP contribution is 2.26. The zero-order valence-corrected chi connectivity index (χ0v) is 18.4. The number of piperidine rings is 1. The Hall–Kier alpha value is -4.04. The summed E-state index contributed by atoms with van der Waals surface area (Å²) in [6.45, 7) is 1.98. The summed E-state index contributed by atoms with van der Waals surface area (Å²) in [5.74, 6) is 0.317. The Morgan fingerprint density at radius 3 is 2.32 bits per heavy atom. The first-order chi connectivity index (χ1) is 16.5. The third-order valence-electron chi connectivity index (χ3n) is 5.97. The molecule has 1 fully saturated rings. The number of fused-ring (bicyclic) bond motifs is 1. The van der Waals surface area contributed by atoms with Gasteiger partial charge in [0.25, 0.3) is 11.8 Å². The molecule has 34 heavy (non-hydrogen) atoms. The molecule has 0 aliphatic carbocycles.